The zero-order valence-electron chi connectivity index (χ0n) is 37.0. The number of ether oxygens (including phenoxy) is 2. The van der Waals surface area contributed by atoms with E-state index in [4.69, 9.17) is 9.47 Å². The SMILES string of the molecule is CC(C)N(C)C.CCOC(=O)c1c(/C=C/N(C)C)nc(SC)nc1Nc1cc(C)cc(C(F)(F)F)c1.CCOC(=O)c1c(C)nc(SC)nc1Nc1cc(C)cc(C(F)(F)F)c1. The number of aryl methyl sites for hydroxylation is 3. The number of halogens is 6. The van der Waals surface area contributed by atoms with E-state index in [9.17, 15) is 35.9 Å². The highest BCUT2D eigenvalue weighted by atomic mass is 32.2. The number of hydrogen-bond donors (Lipinski definition) is 2. The molecule has 0 aliphatic heterocycles. The van der Waals surface area contributed by atoms with Crippen LogP contribution in [0.3, 0.4) is 0 Å². The van der Waals surface area contributed by atoms with Crippen LogP contribution in [0, 0.1) is 20.8 Å². The first kappa shape index (κ1) is 53.1. The number of aromatic nitrogens is 4. The number of hydrogen-bond acceptors (Lipinski definition) is 14. The quantitative estimate of drug-likeness (QED) is 0.0570. The van der Waals surface area contributed by atoms with Gasteiger partial charge in [-0.25, -0.2) is 29.5 Å². The summed E-state index contributed by atoms with van der Waals surface area (Å²) in [5.41, 5.74) is 0.411. The van der Waals surface area contributed by atoms with E-state index < -0.39 is 35.4 Å². The average Bonchev–Trinajstić information content (AvgIpc) is 3.16. The number of thioether (sulfide) groups is 2. The largest absolute Gasteiger partial charge is 0.462 e. The molecule has 2 N–H and O–H groups in total. The van der Waals surface area contributed by atoms with Gasteiger partial charge >= 0.3 is 24.3 Å². The van der Waals surface area contributed by atoms with Crippen LogP contribution in [0.5, 0.6) is 0 Å². The molecular formula is C42H54F6N8O4S2. The molecule has 12 nitrogen and oxygen atoms in total. The number of carbonyl (C=O) groups excluding carboxylic acids is 2. The summed E-state index contributed by atoms with van der Waals surface area (Å²) in [6.07, 6.45) is -2.13. The summed E-state index contributed by atoms with van der Waals surface area (Å²) < 4.78 is 88.9. The fraction of sp³-hybridized carbons (Fsp3) is 0.429. The van der Waals surface area contributed by atoms with E-state index in [0.29, 0.717) is 38.9 Å². The van der Waals surface area contributed by atoms with Crippen molar-refractivity contribution in [2.24, 2.45) is 0 Å². The summed E-state index contributed by atoms with van der Waals surface area (Å²) in [4.78, 5) is 45.9. The van der Waals surface area contributed by atoms with E-state index in [1.165, 1.54) is 23.5 Å². The smallest absolute Gasteiger partial charge is 0.416 e. The molecule has 4 aromatic rings. The second-order valence-corrected chi connectivity index (χ2v) is 15.6. The van der Waals surface area contributed by atoms with Gasteiger partial charge in [-0.1, -0.05) is 23.5 Å². The van der Waals surface area contributed by atoms with Crippen molar-refractivity contribution in [2.45, 2.75) is 77.2 Å². The fourth-order valence-corrected chi connectivity index (χ4v) is 5.65. The molecule has 2 aromatic carbocycles. The standard InChI is InChI=1S/C20H23F3N4O2S.C17H18F3N3O2S.C5H13N/c1-6-29-18(28)16-15(7-8-27(3)4)25-19(30-5)26-17(16)24-14-10-12(2)9-13(11-14)20(21,22)23;1-5-25-15(24)13-10(3)21-16(26-4)23-14(13)22-12-7-9(2)6-11(8-12)17(18,19)20;1-5(2)6(3)4/h7-11H,6H2,1-5H3,(H,24,25,26);6-8H,5H2,1-4H3,(H,21,22,23);5H,1-4H3/b8-7+;;. The predicted octanol–water partition coefficient (Wildman–Crippen LogP) is 10.7. The molecule has 0 spiro atoms. The minimum atomic E-state index is -4.50. The van der Waals surface area contributed by atoms with E-state index in [2.05, 4.69) is 63.4 Å². The van der Waals surface area contributed by atoms with Crippen molar-refractivity contribution < 1.29 is 45.4 Å². The third-order valence-electron chi connectivity index (χ3n) is 8.21. The van der Waals surface area contributed by atoms with Gasteiger partial charge in [-0.15, -0.1) is 0 Å². The summed E-state index contributed by atoms with van der Waals surface area (Å²) in [5.74, 6) is -1.12. The Morgan fingerprint density at radius 3 is 1.47 bits per heavy atom. The van der Waals surface area contributed by atoms with Gasteiger partial charge in [-0.3, -0.25) is 0 Å². The Bertz CT molecular complexity index is 2160. The van der Waals surface area contributed by atoms with Crippen molar-refractivity contribution in [2.75, 3.05) is 64.5 Å². The van der Waals surface area contributed by atoms with E-state index in [-0.39, 0.29) is 47.4 Å². The number of anilines is 4. The normalized spacial score (nSPS) is 11.4. The molecule has 2 aromatic heterocycles. The highest BCUT2D eigenvalue weighted by Crippen LogP contribution is 2.35. The molecule has 0 amide bonds. The summed E-state index contributed by atoms with van der Waals surface area (Å²) in [6, 6.07) is 7.81. The van der Waals surface area contributed by atoms with Gasteiger partial charge in [0.2, 0.25) is 0 Å². The van der Waals surface area contributed by atoms with E-state index in [1.807, 2.05) is 14.1 Å². The lowest BCUT2D eigenvalue weighted by Crippen LogP contribution is -2.20. The number of esters is 2. The average molecular weight is 913 g/mol. The van der Waals surface area contributed by atoms with Crippen LogP contribution in [0.15, 0.2) is 52.9 Å². The lowest BCUT2D eigenvalue weighted by Gasteiger charge is -2.16. The Labute approximate surface area is 367 Å². The highest BCUT2D eigenvalue weighted by molar-refractivity contribution is 7.98. The maximum atomic E-state index is 13.2. The third-order valence-corrected chi connectivity index (χ3v) is 9.30. The number of nitrogens with one attached hydrogen (secondary N) is 2. The maximum absolute atomic E-state index is 13.2. The zero-order valence-corrected chi connectivity index (χ0v) is 38.6. The van der Waals surface area contributed by atoms with Crippen LogP contribution < -0.4 is 10.6 Å². The Morgan fingerprint density at radius 2 is 1.10 bits per heavy atom. The van der Waals surface area contributed by atoms with Gasteiger partial charge in [0, 0.05) is 37.7 Å². The van der Waals surface area contributed by atoms with Crippen molar-refractivity contribution >= 4 is 64.5 Å². The molecule has 0 saturated carbocycles. The Morgan fingerprint density at radius 1 is 0.694 bits per heavy atom. The van der Waals surface area contributed by atoms with Crippen molar-refractivity contribution in [3.8, 4) is 0 Å². The van der Waals surface area contributed by atoms with Crippen LogP contribution in [0.1, 0.15) is 82.1 Å². The number of benzene rings is 2. The molecule has 340 valence electrons. The molecule has 0 unspecified atom stereocenters. The van der Waals surface area contributed by atoms with Crippen LogP contribution in [-0.2, 0) is 21.8 Å². The van der Waals surface area contributed by atoms with Crippen LogP contribution in [0.4, 0.5) is 49.4 Å². The summed E-state index contributed by atoms with van der Waals surface area (Å²) >= 11 is 2.50. The second-order valence-electron chi connectivity index (χ2n) is 14.0. The van der Waals surface area contributed by atoms with E-state index in [0.717, 1.165) is 24.3 Å². The maximum Gasteiger partial charge on any atom is 0.416 e. The zero-order chi connectivity index (χ0) is 47.1. The predicted molar refractivity (Wildman–Crippen MR) is 235 cm³/mol. The first-order chi connectivity index (χ1) is 28.8. The summed E-state index contributed by atoms with van der Waals surface area (Å²) in [6.45, 7) is 12.7. The molecule has 20 heteroatoms. The van der Waals surface area contributed by atoms with Gasteiger partial charge in [0.15, 0.2) is 10.3 Å². The summed E-state index contributed by atoms with van der Waals surface area (Å²) in [7, 11) is 7.76. The van der Waals surface area contributed by atoms with Crippen LogP contribution in [0.2, 0.25) is 0 Å². The van der Waals surface area contributed by atoms with Gasteiger partial charge < -0.3 is 29.9 Å². The lowest BCUT2D eigenvalue weighted by molar-refractivity contribution is -0.138. The van der Waals surface area contributed by atoms with Crippen LogP contribution in [0.25, 0.3) is 6.08 Å². The molecule has 4 rings (SSSR count). The molecule has 2 heterocycles. The first-order valence-electron chi connectivity index (χ1n) is 19.0. The van der Waals surface area contributed by atoms with Gasteiger partial charge in [0.1, 0.15) is 22.8 Å². The van der Waals surface area contributed by atoms with Crippen molar-refractivity contribution in [1.82, 2.24) is 29.7 Å². The molecule has 62 heavy (non-hydrogen) atoms. The molecule has 0 radical (unpaired) electrons. The minimum Gasteiger partial charge on any atom is -0.462 e. The topological polar surface area (TPSA) is 135 Å². The van der Waals surface area contributed by atoms with Crippen molar-refractivity contribution in [3.05, 3.63) is 87.4 Å². The lowest BCUT2D eigenvalue weighted by atomic mass is 10.1. The van der Waals surface area contributed by atoms with Crippen LogP contribution >= 0.6 is 23.5 Å². The van der Waals surface area contributed by atoms with Gasteiger partial charge in [0.25, 0.3) is 0 Å². The molecule has 0 saturated heterocycles. The molecule has 0 atom stereocenters. The monoisotopic (exact) mass is 912 g/mol. The first-order valence-corrected chi connectivity index (χ1v) is 21.5. The third kappa shape index (κ3) is 16.7. The number of carbonyl (C=O) groups is 2. The van der Waals surface area contributed by atoms with Gasteiger partial charge in [-0.2, -0.15) is 26.3 Å². The number of alkyl halides is 6. The fourth-order valence-electron chi connectivity index (χ4n) is 4.87. The minimum absolute atomic E-state index is 0.0443. The Balaban J connectivity index is 0.000000380. The van der Waals surface area contributed by atoms with Crippen molar-refractivity contribution in [1.29, 1.82) is 0 Å². The van der Waals surface area contributed by atoms with E-state index in [1.54, 1.807) is 76.4 Å². The second kappa shape index (κ2) is 23.9. The summed E-state index contributed by atoms with van der Waals surface area (Å²) in [5, 5.41) is 6.42. The molecular weight excluding hydrogens is 859 g/mol. The van der Waals surface area contributed by atoms with Crippen LogP contribution in [-0.4, -0.2) is 102 Å². The number of nitrogens with zero attached hydrogens (tertiary/aromatic N) is 6. The number of rotatable bonds is 13. The van der Waals surface area contributed by atoms with Gasteiger partial charge in [0.05, 0.1) is 35.7 Å². The Kier molecular flexibility index (Phi) is 20.5. The van der Waals surface area contributed by atoms with Crippen molar-refractivity contribution in [3.63, 3.8) is 0 Å². The molecule has 0 fully saturated rings. The Hall–Kier alpha value is -5.08. The van der Waals surface area contributed by atoms with E-state index >= 15 is 0 Å². The molecule has 0 aliphatic carbocycles. The highest BCUT2D eigenvalue weighted by Gasteiger charge is 2.32. The van der Waals surface area contributed by atoms with Gasteiger partial charge in [-0.05, 0) is 129 Å². The molecule has 0 bridgehead atoms. The molecule has 0 aliphatic rings.